The molecule has 0 aliphatic carbocycles. The van der Waals surface area contributed by atoms with Gasteiger partial charge in [0, 0.05) is 41.6 Å². The lowest BCUT2D eigenvalue weighted by Crippen LogP contribution is -2.29. The Morgan fingerprint density at radius 2 is 1.77 bits per heavy atom. The van der Waals surface area contributed by atoms with Crippen molar-refractivity contribution >= 4 is 40.6 Å². The molecule has 198 valence electrons. The predicted octanol–water partition coefficient (Wildman–Crippen LogP) is 5.41. The number of aryl methyl sites for hydroxylation is 1. The second-order valence-corrected chi connectivity index (χ2v) is 9.82. The van der Waals surface area contributed by atoms with Gasteiger partial charge in [0.2, 0.25) is 5.91 Å². The molecule has 2 atom stereocenters. The molecule has 8 nitrogen and oxygen atoms in total. The number of aromatic nitrogens is 2. The van der Waals surface area contributed by atoms with Gasteiger partial charge in [0.1, 0.15) is 0 Å². The van der Waals surface area contributed by atoms with E-state index in [4.69, 9.17) is 17.0 Å². The summed E-state index contributed by atoms with van der Waals surface area (Å²) in [4.78, 5) is 30.5. The van der Waals surface area contributed by atoms with Crippen LogP contribution in [0.2, 0.25) is 0 Å². The third-order valence-electron chi connectivity index (χ3n) is 6.88. The largest absolute Gasteiger partial charge is 0.465 e. The zero-order valence-corrected chi connectivity index (χ0v) is 23.0. The summed E-state index contributed by atoms with van der Waals surface area (Å²) in [5.74, 6) is -0.508. The van der Waals surface area contributed by atoms with E-state index in [-0.39, 0.29) is 24.0 Å². The number of esters is 1. The van der Waals surface area contributed by atoms with Crippen molar-refractivity contribution in [3.8, 4) is 5.69 Å². The average Bonchev–Trinajstić information content (AvgIpc) is 3.43. The Hall–Kier alpha value is -4.50. The number of nitrogens with zero attached hydrogens (tertiary/aromatic N) is 3. The summed E-state index contributed by atoms with van der Waals surface area (Å²) in [5, 5.41) is 6.89. The van der Waals surface area contributed by atoms with Crippen LogP contribution in [0.5, 0.6) is 0 Å². The zero-order chi connectivity index (χ0) is 27.7. The molecule has 0 bridgehead atoms. The molecule has 4 aromatic rings. The van der Waals surface area contributed by atoms with Crippen LogP contribution in [0.15, 0.2) is 79.0 Å². The topological polar surface area (TPSA) is 88.5 Å². The van der Waals surface area contributed by atoms with Crippen LogP contribution in [0.4, 0.5) is 11.4 Å². The highest BCUT2D eigenvalue weighted by molar-refractivity contribution is 7.80. The molecule has 1 fully saturated rings. The number of carbonyl (C=O) groups excluding carboxylic acids is 2. The molecule has 0 saturated carbocycles. The molecule has 1 amide bonds. The summed E-state index contributed by atoms with van der Waals surface area (Å²) in [6.45, 7) is 5.60. The minimum Gasteiger partial charge on any atom is -0.465 e. The Labute approximate surface area is 232 Å². The number of pyridine rings is 1. The van der Waals surface area contributed by atoms with Crippen LogP contribution in [-0.4, -0.2) is 33.6 Å². The minimum atomic E-state index is -0.381. The van der Waals surface area contributed by atoms with E-state index in [1.54, 1.807) is 12.3 Å². The van der Waals surface area contributed by atoms with E-state index in [2.05, 4.69) is 38.1 Å². The second kappa shape index (κ2) is 10.7. The van der Waals surface area contributed by atoms with E-state index in [9.17, 15) is 9.59 Å². The molecule has 1 aliphatic rings. The number of anilines is 2. The Balaban J connectivity index is 1.62. The van der Waals surface area contributed by atoms with Crippen molar-refractivity contribution in [1.82, 2.24) is 14.9 Å². The third-order valence-corrected chi connectivity index (χ3v) is 7.19. The van der Waals surface area contributed by atoms with E-state index in [1.807, 2.05) is 67.6 Å². The molecule has 9 heteroatoms. The van der Waals surface area contributed by atoms with E-state index in [0.717, 1.165) is 34.0 Å². The molecular formula is C30H29N5O3S. The van der Waals surface area contributed by atoms with E-state index >= 15 is 0 Å². The van der Waals surface area contributed by atoms with Gasteiger partial charge in [-0.3, -0.25) is 9.78 Å². The smallest absolute Gasteiger partial charge is 0.337 e. The number of ether oxygens (including phenoxy) is 1. The van der Waals surface area contributed by atoms with Crippen LogP contribution in [0.1, 0.15) is 52.0 Å². The fourth-order valence-corrected chi connectivity index (χ4v) is 5.58. The number of thiocarbonyl (C=S) groups is 1. The molecule has 5 rings (SSSR count). The van der Waals surface area contributed by atoms with Crippen molar-refractivity contribution in [2.45, 2.75) is 32.9 Å². The maximum absolute atomic E-state index is 12.2. The summed E-state index contributed by atoms with van der Waals surface area (Å²) in [6.07, 6.45) is 1.78. The molecular weight excluding hydrogens is 510 g/mol. The van der Waals surface area contributed by atoms with Gasteiger partial charge < -0.3 is 24.8 Å². The fraction of sp³-hybridized carbons (Fsp3) is 0.200. The van der Waals surface area contributed by atoms with Crippen molar-refractivity contribution < 1.29 is 14.3 Å². The number of rotatable bonds is 6. The maximum atomic E-state index is 12.2. The summed E-state index contributed by atoms with van der Waals surface area (Å²) in [6, 6.07) is 22.7. The number of carbonyl (C=O) groups is 2. The number of benzene rings is 2. The fourth-order valence-electron chi connectivity index (χ4n) is 5.23. The first kappa shape index (κ1) is 26.1. The minimum absolute atomic E-state index is 0.127. The second-order valence-electron chi connectivity index (χ2n) is 9.43. The SMILES string of the molecule is COC(=O)c1cccc(-n2c(C)cc([C@H]3[C@@H](c4ccccn4)NC(=S)N3c3ccc(NC(C)=O)cc3)c2C)c1. The van der Waals surface area contributed by atoms with Gasteiger partial charge >= 0.3 is 5.97 Å². The van der Waals surface area contributed by atoms with Gasteiger partial charge in [0.05, 0.1) is 30.5 Å². The summed E-state index contributed by atoms with van der Waals surface area (Å²) < 4.78 is 7.07. The molecule has 39 heavy (non-hydrogen) atoms. The van der Waals surface area contributed by atoms with E-state index < -0.39 is 0 Å². The molecule has 2 N–H and O–H groups in total. The summed E-state index contributed by atoms with van der Waals surface area (Å²) >= 11 is 5.87. The summed E-state index contributed by atoms with van der Waals surface area (Å²) in [5.41, 5.74) is 6.95. The Kier molecular flexibility index (Phi) is 7.17. The van der Waals surface area contributed by atoms with Gasteiger partial charge in [0.15, 0.2) is 5.11 Å². The number of amides is 1. The first-order valence-electron chi connectivity index (χ1n) is 12.5. The predicted molar refractivity (Wildman–Crippen MR) is 155 cm³/mol. The van der Waals surface area contributed by atoms with Crippen molar-refractivity contribution in [2.75, 3.05) is 17.3 Å². The highest BCUT2D eigenvalue weighted by Crippen LogP contribution is 2.44. The van der Waals surface area contributed by atoms with Gasteiger partial charge in [-0.25, -0.2) is 4.79 Å². The van der Waals surface area contributed by atoms with E-state index in [1.165, 1.54) is 14.0 Å². The number of hydrogen-bond acceptors (Lipinski definition) is 5. The lowest BCUT2D eigenvalue weighted by molar-refractivity contribution is -0.114. The lowest BCUT2D eigenvalue weighted by atomic mass is 9.96. The molecule has 0 radical (unpaired) electrons. The average molecular weight is 540 g/mol. The lowest BCUT2D eigenvalue weighted by Gasteiger charge is -2.28. The molecule has 0 spiro atoms. The zero-order valence-electron chi connectivity index (χ0n) is 22.1. The van der Waals surface area contributed by atoms with Crippen molar-refractivity contribution in [3.63, 3.8) is 0 Å². The molecule has 1 aliphatic heterocycles. The number of nitrogens with one attached hydrogen (secondary N) is 2. The van der Waals surface area contributed by atoms with Crippen molar-refractivity contribution in [1.29, 1.82) is 0 Å². The Morgan fingerprint density at radius 1 is 1.00 bits per heavy atom. The van der Waals surface area contributed by atoms with Crippen LogP contribution in [0, 0.1) is 13.8 Å². The quantitative estimate of drug-likeness (QED) is 0.250. The van der Waals surface area contributed by atoms with Crippen LogP contribution in [-0.2, 0) is 9.53 Å². The molecule has 2 aromatic heterocycles. The normalized spacial score (nSPS) is 16.6. The van der Waals surface area contributed by atoms with Crippen LogP contribution < -0.4 is 15.5 Å². The van der Waals surface area contributed by atoms with Gasteiger partial charge in [-0.2, -0.15) is 0 Å². The van der Waals surface area contributed by atoms with Crippen molar-refractivity contribution in [2.24, 2.45) is 0 Å². The maximum Gasteiger partial charge on any atom is 0.337 e. The van der Waals surface area contributed by atoms with Crippen LogP contribution in [0.3, 0.4) is 0 Å². The summed E-state index contributed by atoms with van der Waals surface area (Å²) in [7, 11) is 1.38. The van der Waals surface area contributed by atoms with Gasteiger partial charge in [0.25, 0.3) is 0 Å². The molecule has 3 heterocycles. The first-order valence-corrected chi connectivity index (χ1v) is 12.9. The monoisotopic (exact) mass is 539 g/mol. The molecule has 0 unspecified atom stereocenters. The third kappa shape index (κ3) is 5.00. The Bertz CT molecular complexity index is 1550. The number of hydrogen-bond donors (Lipinski definition) is 2. The first-order chi connectivity index (χ1) is 18.8. The highest BCUT2D eigenvalue weighted by Gasteiger charge is 2.42. The van der Waals surface area contributed by atoms with Crippen LogP contribution in [0.25, 0.3) is 5.69 Å². The number of methoxy groups -OCH3 is 1. The van der Waals surface area contributed by atoms with Gasteiger partial charge in [-0.1, -0.05) is 12.1 Å². The Morgan fingerprint density at radius 3 is 2.44 bits per heavy atom. The van der Waals surface area contributed by atoms with Crippen molar-refractivity contribution in [3.05, 3.63) is 107 Å². The van der Waals surface area contributed by atoms with Gasteiger partial charge in [-0.05, 0) is 92.3 Å². The molecule has 1 saturated heterocycles. The standard InChI is InChI=1S/C30H29N5O3S/c1-18-16-25(19(2)34(18)24-9-7-8-21(17-24)29(37)38-4)28-27(26-10-5-6-15-31-26)33-30(39)35(28)23-13-11-22(12-14-23)32-20(3)36/h5-17,27-28H,1-4H3,(H,32,36)(H,33,39)/t27-,28+/m1/s1. The van der Waals surface area contributed by atoms with Gasteiger partial charge in [-0.15, -0.1) is 0 Å². The van der Waals surface area contributed by atoms with E-state index in [0.29, 0.717) is 16.4 Å². The van der Waals surface area contributed by atoms with Crippen LogP contribution >= 0.6 is 12.2 Å². The highest BCUT2D eigenvalue weighted by atomic mass is 32.1. The molecule has 2 aromatic carbocycles.